The van der Waals surface area contributed by atoms with Crippen LogP contribution in [0, 0.1) is 0 Å². The normalized spacial score (nSPS) is 19.8. The molecule has 154 valence electrons. The summed E-state index contributed by atoms with van der Waals surface area (Å²) in [5.74, 6) is -0.00830. The molecule has 0 aromatic heterocycles. The number of fused-ring (bicyclic) bond motifs is 1. The molecule has 4 rings (SSSR count). The first-order chi connectivity index (χ1) is 14.1. The fourth-order valence-corrected chi connectivity index (χ4v) is 4.39. The van der Waals surface area contributed by atoms with E-state index in [1.807, 2.05) is 12.1 Å². The van der Waals surface area contributed by atoms with Crippen LogP contribution in [0.4, 0.5) is 5.69 Å². The molecule has 5 heteroatoms. The fraction of sp³-hybridized carbons (Fsp3) is 0.458. The molecule has 2 aromatic rings. The Bertz CT molecular complexity index is 825. The molecule has 2 aromatic carbocycles. The van der Waals surface area contributed by atoms with E-state index in [0.717, 1.165) is 44.7 Å². The fourth-order valence-electron chi connectivity index (χ4n) is 4.39. The Hall–Kier alpha value is -2.37. The highest BCUT2D eigenvalue weighted by Crippen LogP contribution is 2.22. The molecule has 5 nitrogen and oxygen atoms in total. The van der Waals surface area contributed by atoms with Gasteiger partial charge in [0, 0.05) is 56.1 Å². The molecule has 2 heterocycles. The van der Waals surface area contributed by atoms with Gasteiger partial charge in [-0.25, -0.2) is 0 Å². The quantitative estimate of drug-likeness (QED) is 0.822. The minimum atomic E-state index is -0.00830. The Labute approximate surface area is 174 Å². The average molecular weight is 393 g/mol. The van der Waals surface area contributed by atoms with Crippen LogP contribution in [0.5, 0.6) is 0 Å². The van der Waals surface area contributed by atoms with Crippen molar-refractivity contribution in [2.24, 2.45) is 0 Å². The lowest BCUT2D eigenvalue weighted by Crippen LogP contribution is -2.48. The SMILES string of the molecule is CC(C)N1CCN(c2ccc(C(=O)NCC3NCCc4ccccc43)cc2)CC1. The first kappa shape index (κ1) is 19.9. The number of amides is 1. The lowest BCUT2D eigenvalue weighted by Gasteiger charge is -2.38. The van der Waals surface area contributed by atoms with E-state index in [2.05, 4.69) is 70.7 Å². The van der Waals surface area contributed by atoms with E-state index in [1.54, 1.807) is 0 Å². The summed E-state index contributed by atoms with van der Waals surface area (Å²) in [7, 11) is 0. The summed E-state index contributed by atoms with van der Waals surface area (Å²) >= 11 is 0. The number of hydrogen-bond acceptors (Lipinski definition) is 4. The number of carbonyl (C=O) groups excluding carboxylic acids is 1. The number of piperazine rings is 1. The number of nitrogens with one attached hydrogen (secondary N) is 2. The molecule has 1 fully saturated rings. The van der Waals surface area contributed by atoms with E-state index >= 15 is 0 Å². The molecule has 0 bridgehead atoms. The van der Waals surface area contributed by atoms with Crippen molar-refractivity contribution >= 4 is 11.6 Å². The van der Waals surface area contributed by atoms with Gasteiger partial charge in [0.1, 0.15) is 0 Å². The standard InChI is InChI=1S/C24H32N4O/c1-18(2)27-13-15-28(16-14-27)21-9-7-20(8-10-21)24(29)26-17-23-22-6-4-3-5-19(22)11-12-25-23/h3-10,18,23,25H,11-17H2,1-2H3,(H,26,29). The molecule has 0 aliphatic carbocycles. The Balaban J connectivity index is 1.32. The maximum absolute atomic E-state index is 12.6. The van der Waals surface area contributed by atoms with Gasteiger partial charge in [0.25, 0.3) is 5.91 Å². The highest BCUT2D eigenvalue weighted by atomic mass is 16.1. The van der Waals surface area contributed by atoms with Crippen LogP contribution in [0.1, 0.15) is 41.4 Å². The molecular weight excluding hydrogens is 360 g/mol. The highest BCUT2D eigenvalue weighted by molar-refractivity contribution is 5.94. The van der Waals surface area contributed by atoms with Crippen molar-refractivity contribution in [2.45, 2.75) is 32.4 Å². The first-order valence-corrected chi connectivity index (χ1v) is 10.8. The van der Waals surface area contributed by atoms with E-state index < -0.39 is 0 Å². The maximum Gasteiger partial charge on any atom is 0.251 e. The Morgan fingerprint density at radius 1 is 1.07 bits per heavy atom. The van der Waals surface area contributed by atoms with Gasteiger partial charge in [0.15, 0.2) is 0 Å². The summed E-state index contributed by atoms with van der Waals surface area (Å²) in [6.45, 7) is 10.3. The molecule has 0 saturated carbocycles. The lowest BCUT2D eigenvalue weighted by molar-refractivity contribution is 0.0949. The summed E-state index contributed by atoms with van der Waals surface area (Å²) in [5, 5.41) is 6.63. The summed E-state index contributed by atoms with van der Waals surface area (Å²) in [5.41, 5.74) is 4.61. The van der Waals surface area contributed by atoms with Crippen molar-refractivity contribution < 1.29 is 4.79 Å². The second-order valence-corrected chi connectivity index (χ2v) is 8.33. The van der Waals surface area contributed by atoms with Crippen LogP contribution in [-0.2, 0) is 6.42 Å². The zero-order valence-electron chi connectivity index (χ0n) is 17.5. The molecule has 0 spiro atoms. The van der Waals surface area contributed by atoms with Crippen LogP contribution in [0.15, 0.2) is 48.5 Å². The van der Waals surface area contributed by atoms with Crippen LogP contribution >= 0.6 is 0 Å². The smallest absolute Gasteiger partial charge is 0.251 e. The maximum atomic E-state index is 12.6. The number of benzene rings is 2. The van der Waals surface area contributed by atoms with Crippen molar-refractivity contribution in [2.75, 3.05) is 44.2 Å². The second-order valence-electron chi connectivity index (χ2n) is 8.33. The van der Waals surface area contributed by atoms with Gasteiger partial charge in [-0.2, -0.15) is 0 Å². The molecule has 2 aliphatic rings. The predicted molar refractivity (Wildman–Crippen MR) is 119 cm³/mol. The Kier molecular flexibility index (Phi) is 6.16. The first-order valence-electron chi connectivity index (χ1n) is 10.8. The monoisotopic (exact) mass is 392 g/mol. The van der Waals surface area contributed by atoms with Crippen LogP contribution in [0.3, 0.4) is 0 Å². The van der Waals surface area contributed by atoms with Gasteiger partial charge < -0.3 is 15.5 Å². The average Bonchev–Trinajstić information content (AvgIpc) is 2.77. The lowest BCUT2D eigenvalue weighted by atomic mass is 9.94. The van der Waals surface area contributed by atoms with Crippen LogP contribution in [0.25, 0.3) is 0 Å². The third-order valence-corrected chi connectivity index (χ3v) is 6.22. The number of anilines is 1. The number of hydrogen-bond donors (Lipinski definition) is 2. The van der Waals surface area contributed by atoms with Crippen molar-refractivity contribution in [1.29, 1.82) is 0 Å². The minimum Gasteiger partial charge on any atom is -0.369 e. The minimum absolute atomic E-state index is 0.00830. The van der Waals surface area contributed by atoms with Gasteiger partial charge in [0.2, 0.25) is 0 Å². The second kappa shape index (κ2) is 8.97. The molecule has 1 amide bonds. The van der Waals surface area contributed by atoms with Crippen molar-refractivity contribution in [3.05, 3.63) is 65.2 Å². The van der Waals surface area contributed by atoms with E-state index in [1.165, 1.54) is 16.8 Å². The third kappa shape index (κ3) is 4.62. The Morgan fingerprint density at radius 2 is 1.79 bits per heavy atom. The van der Waals surface area contributed by atoms with E-state index in [9.17, 15) is 4.79 Å². The highest BCUT2D eigenvalue weighted by Gasteiger charge is 2.21. The van der Waals surface area contributed by atoms with Gasteiger partial charge in [-0.3, -0.25) is 9.69 Å². The van der Waals surface area contributed by atoms with Gasteiger partial charge in [-0.05, 0) is 62.2 Å². The summed E-state index contributed by atoms with van der Waals surface area (Å²) in [6, 6.07) is 17.3. The number of rotatable bonds is 5. The summed E-state index contributed by atoms with van der Waals surface area (Å²) in [4.78, 5) is 17.6. The molecule has 1 saturated heterocycles. The van der Waals surface area contributed by atoms with Crippen LogP contribution in [-0.4, -0.2) is 56.1 Å². The topological polar surface area (TPSA) is 47.6 Å². The van der Waals surface area contributed by atoms with Gasteiger partial charge in [-0.15, -0.1) is 0 Å². The summed E-state index contributed by atoms with van der Waals surface area (Å²) < 4.78 is 0. The molecule has 1 atom stereocenters. The van der Waals surface area contributed by atoms with Crippen LogP contribution < -0.4 is 15.5 Å². The molecule has 1 unspecified atom stereocenters. The molecule has 2 N–H and O–H groups in total. The van der Waals surface area contributed by atoms with E-state index in [4.69, 9.17) is 0 Å². The van der Waals surface area contributed by atoms with Gasteiger partial charge in [0.05, 0.1) is 0 Å². The molecule has 29 heavy (non-hydrogen) atoms. The van der Waals surface area contributed by atoms with E-state index in [-0.39, 0.29) is 11.9 Å². The molecule has 0 radical (unpaired) electrons. The summed E-state index contributed by atoms with van der Waals surface area (Å²) in [6.07, 6.45) is 1.05. The van der Waals surface area contributed by atoms with Gasteiger partial charge >= 0.3 is 0 Å². The number of nitrogens with zero attached hydrogens (tertiary/aromatic N) is 2. The molecular formula is C24H32N4O. The van der Waals surface area contributed by atoms with Crippen molar-refractivity contribution in [3.63, 3.8) is 0 Å². The predicted octanol–water partition coefficient (Wildman–Crippen LogP) is 2.83. The number of carbonyl (C=O) groups is 1. The van der Waals surface area contributed by atoms with Crippen molar-refractivity contribution in [1.82, 2.24) is 15.5 Å². The van der Waals surface area contributed by atoms with E-state index in [0.29, 0.717) is 12.6 Å². The Morgan fingerprint density at radius 3 is 2.52 bits per heavy atom. The molecule has 2 aliphatic heterocycles. The zero-order chi connectivity index (χ0) is 20.2. The third-order valence-electron chi connectivity index (χ3n) is 6.22. The van der Waals surface area contributed by atoms with Crippen LogP contribution in [0.2, 0.25) is 0 Å². The van der Waals surface area contributed by atoms with Gasteiger partial charge in [-0.1, -0.05) is 24.3 Å². The largest absolute Gasteiger partial charge is 0.369 e. The van der Waals surface area contributed by atoms with Crippen molar-refractivity contribution in [3.8, 4) is 0 Å². The zero-order valence-corrected chi connectivity index (χ0v) is 17.5.